The van der Waals surface area contributed by atoms with Crippen LogP contribution < -0.4 is 0 Å². The average molecular weight is 234 g/mol. The van der Waals surface area contributed by atoms with Crippen LogP contribution in [0.5, 0.6) is 0 Å². The molecule has 2 aliphatic rings. The van der Waals surface area contributed by atoms with Gasteiger partial charge >= 0.3 is 0 Å². The van der Waals surface area contributed by atoms with Gasteiger partial charge in [0.2, 0.25) is 0 Å². The molecule has 15 heavy (non-hydrogen) atoms. The number of morpholine rings is 1. The molecule has 0 amide bonds. The Morgan fingerprint density at radius 1 is 1.20 bits per heavy atom. The Hall–Kier alpha value is 0.170. The fourth-order valence-corrected chi connectivity index (χ4v) is 2.52. The van der Waals surface area contributed by atoms with Crippen molar-refractivity contribution in [3.8, 4) is 0 Å². The Labute approximate surface area is 96.7 Å². The van der Waals surface area contributed by atoms with E-state index in [1.165, 1.54) is 19.4 Å². The second kappa shape index (κ2) is 6.04. The summed E-state index contributed by atoms with van der Waals surface area (Å²) in [5, 5.41) is 0. The van der Waals surface area contributed by atoms with Gasteiger partial charge in [0.25, 0.3) is 0 Å². The minimum Gasteiger partial charge on any atom is -0.381 e. The fourth-order valence-electron chi connectivity index (χ4n) is 2.33. The van der Waals surface area contributed by atoms with E-state index < -0.39 is 0 Å². The van der Waals surface area contributed by atoms with Crippen molar-refractivity contribution in [1.82, 2.24) is 4.90 Å². The van der Waals surface area contributed by atoms with Crippen LogP contribution in [-0.2, 0) is 9.47 Å². The lowest BCUT2D eigenvalue weighted by atomic mass is 9.99. The van der Waals surface area contributed by atoms with E-state index in [9.17, 15) is 0 Å². The molecule has 0 saturated carbocycles. The first kappa shape index (κ1) is 11.6. The standard InChI is InChI=1S/C11H20ClNO2/c12-7-11-9-13(3-6-15-11)8-10-1-4-14-5-2-10/h10-11H,1-9H2. The predicted octanol–water partition coefficient (Wildman–Crippen LogP) is 1.35. The van der Waals surface area contributed by atoms with Gasteiger partial charge in [-0.15, -0.1) is 11.6 Å². The van der Waals surface area contributed by atoms with E-state index in [1.54, 1.807) is 0 Å². The van der Waals surface area contributed by atoms with Crippen LogP contribution >= 0.6 is 11.6 Å². The maximum atomic E-state index is 5.82. The summed E-state index contributed by atoms with van der Waals surface area (Å²) in [5.41, 5.74) is 0. The molecule has 0 radical (unpaired) electrons. The molecule has 0 aromatic heterocycles. The van der Waals surface area contributed by atoms with E-state index in [2.05, 4.69) is 4.90 Å². The third-order valence-electron chi connectivity index (χ3n) is 3.25. The lowest BCUT2D eigenvalue weighted by Gasteiger charge is -2.35. The first-order valence-corrected chi connectivity index (χ1v) is 6.39. The molecule has 4 heteroatoms. The van der Waals surface area contributed by atoms with Gasteiger partial charge in [-0.1, -0.05) is 0 Å². The van der Waals surface area contributed by atoms with Crippen molar-refractivity contribution in [3.63, 3.8) is 0 Å². The number of ether oxygens (including phenoxy) is 2. The van der Waals surface area contributed by atoms with E-state index in [0.29, 0.717) is 5.88 Å². The maximum absolute atomic E-state index is 5.82. The van der Waals surface area contributed by atoms with Crippen molar-refractivity contribution in [1.29, 1.82) is 0 Å². The SMILES string of the molecule is ClCC1CN(CC2CCOCC2)CCO1. The molecule has 0 bridgehead atoms. The third kappa shape index (κ3) is 3.59. The number of hydrogen-bond acceptors (Lipinski definition) is 3. The van der Waals surface area contributed by atoms with Crippen LogP contribution in [0.25, 0.3) is 0 Å². The van der Waals surface area contributed by atoms with Crippen molar-refractivity contribution < 1.29 is 9.47 Å². The van der Waals surface area contributed by atoms with Crippen LogP contribution in [0, 0.1) is 5.92 Å². The van der Waals surface area contributed by atoms with Crippen molar-refractivity contribution in [3.05, 3.63) is 0 Å². The molecule has 2 aliphatic heterocycles. The van der Waals surface area contributed by atoms with Crippen molar-refractivity contribution >= 4 is 11.6 Å². The highest BCUT2D eigenvalue weighted by Gasteiger charge is 2.23. The lowest BCUT2D eigenvalue weighted by Crippen LogP contribution is -2.45. The zero-order valence-corrected chi connectivity index (χ0v) is 9.92. The molecule has 3 nitrogen and oxygen atoms in total. The van der Waals surface area contributed by atoms with Crippen LogP contribution in [0.3, 0.4) is 0 Å². The van der Waals surface area contributed by atoms with Crippen LogP contribution in [0.15, 0.2) is 0 Å². The van der Waals surface area contributed by atoms with E-state index >= 15 is 0 Å². The smallest absolute Gasteiger partial charge is 0.0837 e. The zero-order valence-electron chi connectivity index (χ0n) is 9.16. The van der Waals surface area contributed by atoms with E-state index in [0.717, 1.165) is 38.8 Å². The molecule has 1 unspecified atom stereocenters. The molecule has 2 fully saturated rings. The molecule has 2 heterocycles. The molecule has 88 valence electrons. The topological polar surface area (TPSA) is 21.7 Å². The fraction of sp³-hybridized carbons (Fsp3) is 1.00. The van der Waals surface area contributed by atoms with Gasteiger partial charge in [0.05, 0.1) is 12.7 Å². The summed E-state index contributed by atoms with van der Waals surface area (Å²) in [5.74, 6) is 1.43. The van der Waals surface area contributed by atoms with E-state index in [-0.39, 0.29) is 6.10 Å². The molecule has 0 aromatic rings. The Balaban J connectivity index is 1.72. The third-order valence-corrected chi connectivity index (χ3v) is 3.60. The molecule has 0 spiro atoms. The van der Waals surface area contributed by atoms with Crippen LogP contribution in [0.1, 0.15) is 12.8 Å². The quantitative estimate of drug-likeness (QED) is 0.687. The molecule has 1 atom stereocenters. The summed E-state index contributed by atoms with van der Waals surface area (Å²) in [6.07, 6.45) is 2.66. The van der Waals surface area contributed by atoms with Gasteiger partial charge in [0, 0.05) is 38.7 Å². The number of hydrogen-bond donors (Lipinski definition) is 0. The Morgan fingerprint density at radius 3 is 2.73 bits per heavy atom. The second-order valence-corrected chi connectivity index (χ2v) is 4.77. The lowest BCUT2D eigenvalue weighted by molar-refractivity contribution is -0.0293. The summed E-state index contributed by atoms with van der Waals surface area (Å²) in [6.45, 7) is 5.97. The predicted molar refractivity (Wildman–Crippen MR) is 60.4 cm³/mol. The minimum atomic E-state index is 0.236. The first-order valence-electron chi connectivity index (χ1n) is 5.86. The Bertz CT molecular complexity index is 185. The van der Waals surface area contributed by atoms with Gasteiger partial charge in [0.1, 0.15) is 0 Å². The van der Waals surface area contributed by atoms with Crippen LogP contribution in [-0.4, -0.2) is 56.3 Å². The molecule has 2 saturated heterocycles. The van der Waals surface area contributed by atoms with E-state index in [1.807, 2.05) is 0 Å². The van der Waals surface area contributed by atoms with Crippen LogP contribution in [0.4, 0.5) is 0 Å². The van der Waals surface area contributed by atoms with Gasteiger partial charge in [-0.05, 0) is 18.8 Å². The van der Waals surface area contributed by atoms with Gasteiger partial charge in [-0.25, -0.2) is 0 Å². The highest BCUT2D eigenvalue weighted by Crippen LogP contribution is 2.17. The van der Waals surface area contributed by atoms with Crippen molar-refractivity contribution in [2.24, 2.45) is 5.92 Å². The van der Waals surface area contributed by atoms with E-state index in [4.69, 9.17) is 21.1 Å². The summed E-state index contributed by atoms with van der Waals surface area (Å²) >= 11 is 5.82. The number of halogens is 1. The van der Waals surface area contributed by atoms with Gasteiger partial charge in [0.15, 0.2) is 0 Å². The normalized spacial score (nSPS) is 30.6. The van der Waals surface area contributed by atoms with Crippen molar-refractivity contribution in [2.75, 3.05) is 45.3 Å². The average Bonchev–Trinajstić information content (AvgIpc) is 2.31. The van der Waals surface area contributed by atoms with Gasteiger partial charge in [-0.2, -0.15) is 0 Å². The second-order valence-electron chi connectivity index (χ2n) is 4.46. The molecule has 0 N–H and O–H groups in total. The highest BCUT2D eigenvalue weighted by atomic mass is 35.5. The number of nitrogens with zero attached hydrogens (tertiary/aromatic N) is 1. The van der Waals surface area contributed by atoms with Gasteiger partial charge < -0.3 is 9.47 Å². The Kier molecular flexibility index (Phi) is 4.69. The summed E-state index contributed by atoms with van der Waals surface area (Å²) in [4.78, 5) is 2.49. The molecular weight excluding hydrogens is 214 g/mol. The number of alkyl halides is 1. The van der Waals surface area contributed by atoms with Crippen LogP contribution in [0.2, 0.25) is 0 Å². The molecule has 0 aliphatic carbocycles. The first-order chi connectivity index (χ1) is 7.38. The molecule has 0 aromatic carbocycles. The minimum absolute atomic E-state index is 0.236. The highest BCUT2D eigenvalue weighted by molar-refractivity contribution is 6.18. The van der Waals surface area contributed by atoms with Gasteiger partial charge in [-0.3, -0.25) is 4.90 Å². The summed E-state index contributed by atoms with van der Waals surface area (Å²) < 4.78 is 10.9. The summed E-state index contributed by atoms with van der Waals surface area (Å²) in [7, 11) is 0. The summed E-state index contributed by atoms with van der Waals surface area (Å²) in [6, 6.07) is 0. The van der Waals surface area contributed by atoms with Crippen molar-refractivity contribution in [2.45, 2.75) is 18.9 Å². The largest absolute Gasteiger partial charge is 0.381 e. The monoisotopic (exact) mass is 233 g/mol. The molecule has 2 rings (SSSR count). The molecular formula is C11H20ClNO2. The Morgan fingerprint density at radius 2 is 2.00 bits per heavy atom. The number of rotatable bonds is 3. The maximum Gasteiger partial charge on any atom is 0.0837 e. The zero-order chi connectivity index (χ0) is 10.5.